The van der Waals surface area contributed by atoms with Crippen LogP contribution in [0.15, 0.2) is 24.4 Å². The fourth-order valence-electron chi connectivity index (χ4n) is 3.11. The average Bonchev–Trinajstić information content (AvgIpc) is 3.08. The number of β-amino-alcohol motifs (C(OH)–C–C–N with tert-alkyl or cyclic N) is 1. The molecule has 2 aromatic rings. The molecular formula is C17H24N4O2. The highest BCUT2D eigenvalue weighted by molar-refractivity contribution is 5.18. The summed E-state index contributed by atoms with van der Waals surface area (Å²) in [4.78, 5) is 6.56. The zero-order valence-electron chi connectivity index (χ0n) is 13.7. The molecule has 0 bridgehead atoms. The predicted octanol–water partition coefficient (Wildman–Crippen LogP) is 1.55. The molecule has 3 heterocycles. The molecule has 2 aromatic heterocycles. The minimum absolute atomic E-state index is 0.230. The highest BCUT2D eigenvalue weighted by atomic mass is 16.5. The lowest BCUT2D eigenvalue weighted by Crippen LogP contribution is -2.21. The highest BCUT2D eigenvalue weighted by Crippen LogP contribution is 2.23. The van der Waals surface area contributed by atoms with Crippen molar-refractivity contribution in [1.82, 2.24) is 20.1 Å². The minimum atomic E-state index is -0.303. The maximum absolute atomic E-state index is 10.3. The van der Waals surface area contributed by atoms with Gasteiger partial charge < -0.3 is 9.84 Å². The molecule has 2 atom stereocenters. The Morgan fingerprint density at radius 2 is 2.26 bits per heavy atom. The van der Waals surface area contributed by atoms with Gasteiger partial charge in [0, 0.05) is 43.5 Å². The Bertz CT molecular complexity index is 626. The van der Waals surface area contributed by atoms with Gasteiger partial charge in [-0.25, -0.2) is 4.98 Å². The summed E-state index contributed by atoms with van der Waals surface area (Å²) in [5.74, 6) is 0.887. The Kier molecular flexibility index (Phi) is 4.93. The summed E-state index contributed by atoms with van der Waals surface area (Å²) in [6.45, 7) is 6.93. The van der Waals surface area contributed by atoms with Gasteiger partial charge in [-0.1, -0.05) is 6.07 Å². The molecule has 0 unspecified atom stereocenters. The number of rotatable bonds is 6. The van der Waals surface area contributed by atoms with Gasteiger partial charge in [0.05, 0.1) is 18.4 Å². The van der Waals surface area contributed by atoms with Gasteiger partial charge in [-0.15, -0.1) is 0 Å². The zero-order valence-corrected chi connectivity index (χ0v) is 13.7. The summed E-state index contributed by atoms with van der Waals surface area (Å²) < 4.78 is 5.36. The Balaban J connectivity index is 1.55. The largest absolute Gasteiger partial charge is 0.478 e. The molecule has 0 saturated carbocycles. The molecule has 124 valence electrons. The standard InChI is InChI=1S/C17H24N4O2/c1-3-23-17-5-4-13(8-18-17)9-21-10-14(16(22)11-21)7-15-6-12(2)19-20-15/h4-6,8,14,16,22H,3,7,9-11H2,1-2H3,(H,19,20)/t14-,16-/m1/s1. The molecule has 2 N–H and O–H groups in total. The summed E-state index contributed by atoms with van der Waals surface area (Å²) in [5.41, 5.74) is 3.22. The topological polar surface area (TPSA) is 74.3 Å². The Morgan fingerprint density at radius 1 is 1.39 bits per heavy atom. The number of ether oxygens (including phenoxy) is 1. The van der Waals surface area contributed by atoms with Crippen LogP contribution in [0.5, 0.6) is 5.88 Å². The minimum Gasteiger partial charge on any atom is -0.478 e. The normalized spacial score (nSPS) is 21.7. The fraction of sp³-hybridized carbons (Fsp3) is 0.529. The number of aromatic nitrogens is 3. The summed E-state index contributed by atoms with van der Waals surface area (Å²) >= 11 is 0. The van der Waals surface area contributed by atoms with Crippen molar-refractivity contribution in [2.45, 2.75) is 32.9 Å². The van der Waals surface area contributed by atoms with Crippen LogP contribution in [0.3, 0.4) is 0 Å². The third kappa shape index (κ3) is 4.09. The van der Waals surface area contributed by atoms with Crippen LogP contribution in [-0.4, -0.2) is 51.0 Å². The number of aryl methyl sites for hydroxylation is 1. The monoisotopic (exact) mass is 316 g/mol. The average molecular weight is 316 g/mol. The van der Waals surface area contributed by atoms with E-state index in [1.165, 1.54) is 0 Å². The molecule has 0 radical (unpaired) electrons. The first-order valence-corrected chi connectivity index (χ1v) is 8.13. The Morgan fingerprint density at radius 3 is 2.91 bits per heavy atom. The molecule has 23 heavy (non-hydrogen) atoms. The first-order chi connectivity index (χ1) is 11.1. The quantitative estimate of drug-likeness (QED) is 0.846. The number of pyridine rings is 1. The number of hydrogen-bond donors (Lipinski definition) is 2. The van der Waals surface area contributed by atoms with Gasteiger partial charge in [0.2, 0.25) is 5.88 Å². The van der Waals surface area contributed by atoms with Gasteiger partial charge >= 0.3 is 0 Å². The second kappa shape index (κ2) is 7.10. The summed E-state index contributed by atoms with van der Waals surface area (Å²) in [6, 6.07) is 5.98. The Labute approximate surface area is 136 Å². The number of likely N-dealkylation sites (tertiary alicyclic amines) is 1. The lowest BCUT2D eigenvalue weighted by Gasteiger charge is -2.15. The van der Waals surface area contributed by atoms with Gasteiger partial charge in [0.1, 0.15) is 0 Å². The van der Waals surface area contributed by atoms with Crippen molar-refractivity contribution in [2.75, 3.05) is 19.7 Å². The van der Waals surface area contributed by atoms with Crippen LogP contribution in [0.25, 0.3) is 0 Å². The molecule has 0 aromatic carbocycles. The van der Waals surface area contributed by atoms with Crippen LogP contribution in [-0.2, 0) is 13.0 Å². The van der Waals surface area contributed by atoms with Crippen LogP contribution in [0.2, 0.25) is 0 Å². The predicted molar refractivity (Wildman–Crippen MR) is 87.2 cm³/mol. The number of aliphatic hydroxyl groups is 1. The van der Waals surface area contributed by atoms with Crippen molar-refractivity contribution in [1.29, 1.82) is 0 Å². The van der Waals surface area contributed by atoms with Crippen LogP contribution < -0.4 is 4.74 Å². The number of nitrogens with zero attached hydrogens (tertiary/aromatic N) is 3. The van der Waals surface area contributed by atoms with Crippen molar-refractivity contribution in [3.8, 4) is 5.88 Å². The van der Waals surface area contributed by atoms with E-state index in [1.54, 1.807) is 0 Å². The first kappa shape index (κ1) is 16.0. The summed E-state index contributed by atoms with van der Waals surface area (Å²) in [5, 5.41) is 17.5. The van der Waals surface area contributed by atoms with E-state index in [0.717, 1.165) is 36.5 Å². The van der Waals surface area contributed by atoms with Crippen molar-refractivity contribution < 1.29 is 9.84 Å². The lowest BCUT2D eigenvalue weighted by molar-refractivity contribution is 0.140. The maximum atomic E-state index is 10.3. The van der Waals surface area contributed by atoms with Gasteiger partial charge in [-0.05, 0) is 31.9 Å². The molecule has 0 aliphatic carbocycles. The molecule has 1 saturated heterocycles. The molecule has 6 heteroatoms. The van der Waals surface area contributed by atoms with E-state index in [4.69, 9.17) is 4.74 Å². The van der Waals surface area contributed by atoms with Gasteiger partial charge in [-0.3, -0.25) is 10.00 Å². The summed E-state index contributed by atoms with van der Waals surface area (Å²) in [7, 11) is 0. The molecule has 1 fully saturated rings. The van der Waals surface area contributed by atoms with E-state index in [1.807, 2.05) is 38.2 Å². The van der Waals surface area contributed by atoms with E-state index in [-0.39, 0.29) is 12.0 Å². The zero-order chi connectivity index (χ0) is 16.2. The number of aliphatic hydroxyl groups excluding tert-OH is 1. The fourth-order valence-corrected chi connectivity index (χ4v) is 3.11. The highest BCUT2D eigenvalue weighted by Gasteiger charge is 2.31. The second-order valence-electron chi connectivity index (χ2n) is 6.21. The van der Waals surface area contributed by atoms with Crippen LogP contribution in [0, 0.1) is 12.8 Å². The van der Waals surface area contributed by atoms with Crippen LogP contribution >= 0.6 is 0 Å². The van der Waals surface area contributed by atoms with E-state index in [2.05, 4.69) is 20.1 Å². The first-order valence-electron chi connectivity index (χ1n) is 8.13. The molecule has 1 aliphatic rings. The third-order valence-electron chi connectivity index (χ3n) is 4.21. The van der Waals surface area contributed by atoms with Crippen molar-refractivity contribution in [3.63, 3.8) is 0 Å². The van der Waals surface area contributed by atoms with Gasteiger partial charge in [0.25, 0.3) is 0 Å². The lowest BCUT2D eigenvalue weighted by atomic mass is 10.0. The van der Waals surface area contributed by atoms with E-state index in [9.17, 15) is 5.11 Å². The SMILES string of the molecule is CCOc1ccc(CN2C[C@@H](Cc3cc(C)[nH]n3)[C@H](O)C2)cn1. The second-order valence-corrected chi connectivity index (χ2v) is 6.21. The smallest absolute Gasteiger partial charge is 0.213 e. The van der Waals surface area contributed by atoms with E-state index < -0.39 is 0 Å². The third-order valence-corrected chi connectivity index (χ3v) is 4.21. The molecule has 3 rings (SSSR count). The Hall–Kier alpha value is -1.92. The van der Waals surface area contributed by atoms with Crippen molar-refractivity contribution in [3.05, 3.63) is 41.3 Å². The van der Waals surface area contributed by atoms with Crippen LogP contribution in [0.4, 0.5) is 0 Å². The molecular weight excluding hydrogens is 292 g/mol. The van der Waals surface area contributed by atoms with Gasteiger partial charge in [-0.2, -0.15) is 5.10 Å². The molecule has 0 amide bonds. The number of hydrogen-bond acceptors (Lipinski definition) is 5. The number of H-pyrrole nitrogens is 1. The molecule has 0 spiro atoms. The maximum Gasteiger partial charge on any atom is 0.213 e. The van der Waals surface area contributed by atoms with Crippen LogP contribution in [0.1, 0.15) is 23.9 Å². The van der Waals surface area contributed by atoms with Crippen molar-refractivity contribution in [2.24, 2.45) is 5.92 Å². The van der Waals surface area contributed by atoms with Gasteiger partial charge in [0.15, 0.2) is 0 Å². The summed E-state index contributed by atoms with van der Waals surface area (Å²) in [6.07, 6.45) is 2.35. The van der Waals surface area contributed by atoms with Crippen molar-refractivity contribution >= 4 is 0 Å². The number of aromatic amines is 1. The number of nitrogens with one attached hydrogen (secondary N) is 1. The van der Waals surface area contributed by atoms with E-state index in [0.29, 0.717) is 19.0 Å². The molecule has 6 nitrogen and oxygen atoms in total. The molecule has 1 aliphatic heterocycles. The van der Waals surface area contributed by atoms with E-state index >= 15 is 0 Å².